The molecule has 82 valence electrons. The molecule has 0 saturated heterocycles. The maximum Gasteiger partial charge on any atom is 0.326 e. The van der Waals surface area contributed by atoms with Crippen LogP contribution in [-0.4, -0.2) is 33.8 Å². The first-order valence-electron chi connectivity index (χ1n) is 4.07. The highest BCUT2D eigenvalue weighted by molar-refractivity contribution is 6.58. The minimum atomic E-state index is -1.27. The van der Waals surface area contributed by atoms with Gasteiger partial charge in [-0.05, 0) is 6.42 Å². The third-order valence-corrected chi connectivity index (χ3v) is 2.79. The Morgan fingerprint density at radius 1 is 1.33 bits per heavy atom. The van der Waals surface area contributed by atoms with E-state index in [2.05, 4.69) is 0 Å². The van der Waals surface area contributed by atoms with E-state index >= 15 is 0 Å². The predicted octanol–water partition coefficient (Wildman–Crippen LogP) is 0.908. The number of hydrogen-bond donors (Lipinski definition) is 1. The van der Waals surface area contributed by atoms with Gasteiger partial charge in [-0.15, -0.1) is 0 Å². The average Bonchev–Trinajstić information content (AvgIpc) is 2.36. The van der Waals surface area contributed by atoms with Crippen LogP contribution in [-0.2, 0) is 14.4 Å². The third-order valence-electron chi connectivity index (χ3n) is 1.99. The molecular formula is C8H7Cl2NO4. The summed E-state index contributed by atoms with van der Waals surface area (Å²) >= 11 is 10.9. The molecule has 1 aliphatic heterocycles. The van der Waals surface area contributed by atoms with E-state index in [1.807, 2.05) is 0 Å². The van der Waals surface area contributed by atoms with E-state index in [-0.39, 0.29) is 6.42 Å². The van der Waals surface area contributed by atoms with Crippen molar-refractivity contribution >= 4 is 41.0 Å². The van der Waals surface area contributed by atoms with Crippen molar-refractivity contribution in [2.24, 2.45) is 0 Å². The fourth-order valence-corrected chi connectivity index (χ4v) is 1.59. The van der Waals surface area contributed by atoms with Gasteiger partial charge >= 0.3 is 5.97 Å². The number of nitrogens with zero attached hydrogens (tertiary/aromatic N) is 1. The summed E-state index contributed by atoms with van der Waals surface area (Å²) in [6.07, 6.45) is 0.0984. The molecule has 0 aromatic rings. The molecule has 0 aliphatic carbocycles. The smallest absolute Gasteiger partial charge is 0.326 e. The van der Waals surface area contributed by atoms with Gasteiger partial charge in [-0.3, -0.25) is 14.5 Å². The summed E-state index contributed by atoms with van der Waals surface area (Å²) in [5.41, 5.74) is 0. The van der Waals surface area contributed by atoms with Crippen molar-refractivity contribution in [3.05, 3.63) is 10.1 Å². The van der Waals surface area contributed by atoms with Crippen LogP contribution in [0.25, 0.3) is 0 Å². The summed E-state index contributed by atoms with van der Waals surface area (Å²) < 4.78 is 0. The van der Waals surface area contributed by atoms with Crippen LogP contribution in [0.3, 0.4) is 0 Å². The zero-order valence-electron chi connectivity index (χ0n) is 7.66. The molecule has 0 aromatic heterocycles. The first kappa shape index (κ1) is 12.0. The highest BCUT2D eigenvalue weighted by Gasteiger charge is 2.43. The van der Waals surface area contributed by atoms with Gasteiger partial charge in [0, 0.05) is 0 Å². The monoisotopic (exact) mass is 251 g/mol. The Hall–Kier alpha value is -1.07. The van der Waals surface area contributed by atoms with Crippen LogP contribution in [0.4, 0.5) is 0 Å². The molecule has 1 rings (SSSR count). The highest BCUT2D eigenvalue weighted by Crippen LogP contribution is 2.28. The van der Waals surface area contributed by atoms with Gasteiger partial charge in [-0.25, -0.2) is 4.79 Å². The lowest BCUT2D eigenvalue weighted by molar-refractivity contribution is -0.153. The lowest BCUT2D eigenvalue weighted by Gasteiger charge is -2.20. The van der Waals surface area contributed by atoms with Crippen molar-refractivity contribution in [2.45, 2.75) is 19.4 Å². The average molecular weight is 252 g/mol. The molecule has 1 atom stereocenters. The van der Waals surface area contributed by atoms with E-state index in [9.17, 15) is 14.4 Å². The maximum absolute atomic E-state index is 11.4. The van der Waals surface area contributed by atoms with Gasteiger partial charge in [-0.2, -0.15) is 0 Å². The Bertz CT molecular complexity index is 353. The maximum atomic E-state index is 11.4. The number of carboxylic acid groups (broad SMARTS) is 1. The van der Waals surface area contributed by atoms with Gasteiger partial charge in [0.05, 0.1) is 0 Å². The molecule has 2 amide bonds. The Kier molecular flexibility index (Phi) is 3.36. The van der Waals surface area contributed by atoms with Crippen LogP contribution in [0.1, 0.15) is 13.3 Å². The lowest BCUT2D eigenvalue weighted by Crippen LogP contribution is -2.45. The first-order valence-corrected chi connectivity index (χ1v) is 4.83. The minimum Gasteiger partial charge on any atom is -0.480 e. The van der Waals surface area contributed by atoms with Crippen LogP contribution < -0.4 is 0 Å². The van der Waals surface area contributed by atoms with Gasteiger partial charge in [0.2, 0.25) is 0 Å². The Labute approximate surface area is 95.2 Å². The number of carbonyl (C=O) groups excluding carboxylic acids is 2. The second kappa shape index (κ2) is 4.20. The second-order valence-corrected chi connectivity index (χ2v) is 3.63. The molecule has 1 unspecified atom stereocenters. The van der Waals surface area contributed by atoms with Crippen molar-refractivity contribution < 1.29 is 19.5 Å². The van der Waals surface area contributed by atoms with Crippen molar-refractivity contribution in [2.75, 3.05) is 0 Å². The van der Waals surface area contributed by atoms with Crippen LogP contribution in [0.2, 0.25) is 0 Å². The standard InChI is InChI=1S/C8H7Cl2NO4/c1-2-3(8(14)15)11-6(12)4(9)5(10)7(11)13/h3H,2H2,1H3,(H,14,15). The van der Waals surface area contributed by atoms with E-state index in [1.54, 1.807) is 6.92 Å². The molecule has 0 saturated carbocycles. The summed E-state index contributed by atoms with van der Waals surface area (Å²) in [5.74, 6) is -2.99. The van der Waals surface area contributed by atoms with Crippen LogP contribution in [0.5, 0.6) is 0 Å². The highest BCUT2D eigenvalue weighted by atomic mass is 35.5. The van der Waals surface area contributed by atoms with Crippen molar-refractivity contribution in [1.29, 1.82) is 0 Å². The molecule has 0 spiro atoms. The summed E-state index contributed by atoms with van der Waals surface area (Å²) in [4.78, 5) is 34.1. The number of carbonyl (C=O) groups is 3. The Morgan fingerprint density at radius 3 is 2.00 bits per heavy atom. The summed E-state index contributed by atoms with van der Waals surface area (Å²) in [7, 11) is 0. The van der Waals surface area contributed by atoms with Crippen LogP contribution in [0.15, 0.2) is 10.1 Å². The minimum absolute atomic E-state index is 0.0984. The number of rotatable bonds is 3. The normalized spacial score (nSPS) is 18.7. The lowest BCUT2D eigenvalue weighted by atomic mass is 10.2. The fraction of sp³-hybridized carbons (Fsp3) is 0.375. The van der Waals surface area contributed by atoms with Gasteiger partial charge in [0.25, 0.3) is 11.8 Å². The summed E-state index contributed by atoms with van der Waals surface area (Å²) in [5, 5.41) is 7.93. The number of hydrogen-bond acceptors (Lipinski definition) is 3. The molecule has 0 aromatic carbocycles. The van der Waals surface area contributed by atoms with Crippen molar-refractivity contribution in [3.63, 3.8) is 0 Å². The quantitative estimate of drug-likeness (QED) is 0.757. The molecule has 7 heteroatoms. The molecule has 0 bridgehead atoms. The number of carboxylic acids is 1. The zero-order chi connectivity index (χ0) is 11.7. The van der Waals surface area contributed by atoms with Crippen molar-refractivity contribution in [3.8, 4) is 0 Å². The van der Waals surface area contributed by atoms with E-state index in [4.69, 9.17) is 28.3 Å². The van der Waals surface area contributed by atoms with E-state index in [0.717, 1.165) is 0 Å². The van der Waals surface area contributed by atoms with E-state index in [0.29, 0.717) is 4.90 Å². The summed E-state index contributed by atoms with van der Waals surface area (Å²) in [6, 6.07) is -1.23. The molecule has 1 heterocycles. The number of imide groups is 1. The number of aliphatic carboxylic acids is 1. The number of amides is 2. The van der Waals surface area contributed by atoms with Crippen molar-refractivity contribution in [1.82, 2.24) is 4.90 Å². The molecule has 1 N–H and O–H groups in total. The predicted molar refractivity (Wildman–Crippen MR) is 52.3 cm³/mol. The third kappa shape index (κ3) is 1.85. The van der Waals surface area contributed by atoms with Gasteiger partial charge in [-0.1, -0.05) is 30.1 Å². The van der Waals surface area contributed by atoms with Gasteiger partial charge in [0.1, 0.15) is 16.1 Å². The molecule has 15 heavy (non-hydrogen) atoms. The molecule has 0 fully saturated rings. The number of halogens is 2. The second-order valence-electron chi connectivity index (χ2n) is 2.87. The molecule has 0 radical (unpaired) electrons. The SMILES string of the molecule is CCC(C(=O)O)N1C(=O)C(Cl)=C(Cl)C1=O. The molecule has 5 nitrogen and oxygen atoms in total. The first-order chi connectivity index (χ1) is 6.91. The van der Waals surface area contributed by atoms with Gasteiger partial charge in [0.15, 0.2) is 0 Å². The summed E-state index contributed by atoms with van der Waals surface area (Å²) in [6.45, 7) is 1.54. The van der Waals surface area contributed by atoms with E-state index in [1.165, 1.54) is 0 Å². The Morgan fingerprint density at radius 2 is 1.73 bits per heavy atom. The fourth-order valence-electron chi connectivity index (χ4n) is 1.24. The topological polar surface area (TPSA) is 74.7 Å². The van der Waals surface area contributed by atoms with Gasteiger partial charge < -0.3 is 5.11 Å². The molecular weight excluding hydrogens is 245 g/mol. The van der Waals surface area contributed by atoms with E-state index < -0.39 is 33.9 Å². The van der Waals surface area contributed by atoms with Crippen LogP contribution in [0, 0.1) is 0 Å². The largest absolute Gasteiger partial charge is 0.480 e. The zero-order valence-corrected chi connectivity index (χ0v) is 9.17. The molecule has 1 aliphatic rings. The van der Waals surface area contributed by atoms with Crippen LogP contribution >= 0.6 is 23.2 Å². The Balaban J connectivity index is 3.06.